The number of nitrogens with one attached hydrogen (secondary N) is 1. The maximum atomic E-state index is 12.2. The molecule has 2 aromatic rings. The predicted octanol–water partition coefficient (Wildman–Crippen LogP) is 3.61. The number of methoxy groups -OCH3 is 1. The number of hydrogen-bond donors (Lipinski definition) is 1. The van der Waals surface area contributed by atoms with Gasteiger partial charge in [0, 0.05) is 10.7 Å². The zero-order valence-electron chi connectivity index (χ0n) is 11.5. The molecule has 0 saturated carbocycles. The summed E-state index contributed by atoms with van der Waals surface area (Å²) in [6.45, 7) is 3.77. The van der Waals surface area contributed by atoms with Crippen LogP contribution in [0.15, 0.2) is 30.3 Å². The molecule has 0 bridgehead atoms. The third kappa shape index (κ3) is 3.27. The Balaban J connectivity index is 2.29. The normalized spacial score (nSPS) is 10.2. The van der Waals surface area contributed by atoms with Crippen LogP contribution in [0.5, 0.6) is 5.75 Å². The van der Waals surface area contributed by atoms with Gasteiger partial charge in [0.25, 0.3) is 5.91 Å². The Kier molecular flexibility index (Phi) is 4.25. The van der Waals surface area contributed by atoms with E-state index in [0.717, 1.165) is 11.3 Å². The molecule has 1 amide bonds. The van der Waals surface area contributed by atoms with Gasteiger partial charge in [0.05, 0.1) is 12.8 Å². The third-order valence-corrected chi connectivity index (χ3v) is 2.98. The van der Waals surface area contributed by atoms with E-state index in [4.69, 9.17) is 16.3 Å². The highest BCUT2D eigenvalue weighted by Crippen LogP contribution is 2.28. The largest absolute Gasteiger partial charge is 0.495 e. The van der Waals surface area contributed by atoms with Crippen LogP contribution < -0.4 is 10.1 Å². The molecule has 1 N–H and O–H groups in total. The Morgan fingerprint density at radius 2 is 2.00 bits per heavy atom. The SMILES string of the molecule is COc1ccc(Cl)cc1NC(=O)c1cc(C)cc(C)n1. The summed E-state index contributed by atoms with van der Waals surface area (Å²) in [7, 11) is 1.54. The van der Waals surface area contributed by atoms with Crippen molar-refractivity contribution in [2.75, 3.05) is 12.4 Å². The van der Waals surface area contributed by atoms with Gasteiger partial charge in [-0.2, -0.15) is 0 Å². The minimum absolute atomic E-state index is 0.294. The fourth-order valence-corrected chi connectivity index (χ4v) is 2.09. The number of carbonyl (C=O) groups is 1. The average Bonchev–Trinajstić information content (AvgIpc) is 2.37. The predicted molar refractivity (Wildman–Crippen MR) is 79.7 cm³/mol. The second kappa shape index (κ2) is 5.92. The molecule has 0 radical (unpaired) electrons. The molecule has 0 aliphatic carbocycles. The summed E-state index contributed by atoms with van der Waals surface area (Å²) in [5.41, 5.74) is 2.67. The molecule has 0 saturated heterocycles. The van der Waals surface area contributed by atoms with Crippen molar-refractivity contribution in [2.45, 2.75) is 13.8 Å². The fourth-order valence-electron chi connectivity index (χ4n) is 1.92. The van der Waals surface area contributed by atoms with Crippen molar-refractivity contribution in [3.05, 3.63) is 52.3 Å². The molecule has 0 fully saturated rings. The molecule has 5 heteroatoms. The summed E-state index contributed by atoms with van der Waals surface area (Å²) in [5.74, 6) is 0.254. The first-order chi connectivity index (χ1) is 9.49. The van der Waals surface area contributed by atoms with E-state index in [2.05, 4.69) is 10.3 Å². The second-order valence-electron chi connectivity index (χ2n) is 4.47. The van der Waals surface area contributed by atoms with Gasteiger partial charge < -0.3 is 10.1 Å². The van der Waals surface area contributed by atoms with E-state index >= 15 is 0 Å². The van der Waals surface area contributed by atoms with Crippen molar-refractivity contribution in [2.24, 2.45) is 0 Å². The molecular formula is C15H15ClN2O2. The summed E-state index contributed by atoms with van der Waals surface area (Å²) >= 11 is 5.93. The minimum Gasteiger partial charge on any atom is -0.495 e. The Bertz CT molecular complexity index is 636. The van der Waals surface area contributed by atoms with Crippen molar-refractivity contribution in [1.29, 1.82) is 0 Å². The Labute approximate surface area is 122 Å². The number of carbonyl (C=O) groups excluding carboxylic acids is 1. The van der Waals surface area contributed by atoms with Gasteiger partial charge >= 0.3 is 0 Å². The average molecular weight is 291 g/mol. The van der Waals surface area contributed by atoms with Crippen LogP contribution >= 0.6 is 11.6 Å². The highest BCUT2D eigenvalue weighted by atomic mass is 35.5. The highest BCUT2D eigenvalue weighted by molar-refractivity contribution is 6.31. The Hall–Kier alpha value is -2.07. The van der Waals surface area contributed by atoms with Crippen LogP contribution in [0.4, 0.5) is 5.69 Å². The second-order valence-corrected chi connectivity index (χ2v) is 4.91. The first-order valence-corrected chi connectivity index (χ1v) is 6.47. The quantitative estimate of drug-likeness (QED) is 0.939. The summed E-state index contributed by atoms with van der Waals surface area (Å²) < 4.78 is 5.19. The molecule has 0 aliphatic heterocycles. The van der Waals surface area contributed by atoms with Crippen LogP contribution in [0.3, 0.4) is 0 Å². The van der Waals surface area contributed by atoms with Crippen molar-refractivity contribution < 1.29 is 9.53 Å². The first-order valence-electron chi connectivity index (χ1n) is 6.10. The zero-order valence-corrected chi connectivity index (χ0v) is 12.3. The number of anilines is 1. The van der Waals surface area contributed by atoms with Crippen LogP contribution in [0.2, 0.25) is 5.02 Å². The molecule has 0 atom stereocenters. The van der Waals surface area contributed by atoms with Gasteiger partial charge in [0.2, 0.25) is 0 Å². The maximum Gasteiger partial charge on any atom is 0.274 e. The van der Waals surface area contributed by atoms with E-state index < -0.39 is 0 Å². The third-order valence-electron chi connectivity index (χ3n) is 2.74. The maximum absolute atomic E-state index is 12.2. The first kappa shape index (κ1) is 14.3. The molecule has 0 unspecified atom stereocenters. The van der Waals surface area contributed by atoms with Gasteiger partial charge in [-0.15, -0.1) is 0 Å². The van der Waals surface area contributed by atoms with Crippen molar-refractivity contribution >= 4 is 23.2 Å². The number of amides is 1. The lowest BCUT2D eigenvalue weighted by atomic mass is 10.2. The van der Waals surface area contributed by atoms with Crippen molar-refractivity contribution in [3.8, 4) is 5.75 Å². The van der Waals surface area contributed by atoms with Gasteiger partial charge in [-0.3, -0.25) is 4.79 Å². The van der Waals surface area contributed by atoms with E-state index in [0.29, 0.717) is 22.2 Å². The van der Waals surface area contributed by atoms with E-state index in [1.54, 1.807) is 24.3 Å². The molecule has 0 spiro atoms. The number of nitrogens with zero attached hydrogens (tertiary/aromatic N) is 1. The Morgan fingerprint density at radius 3 is 2.65 bits per heavy atom. The smallest absolute Gasteiger partial charge is 0.274 e. The molecule has 20 heavy (non-hydrogen) atoms. The van der Waals surface area contributed by atoms with E-state index in [9.17, 15) is 4.79 Å². The summed E-state index contributed by atoms with van der Waals surface area (Å²) in [6.07, 6.45) is 0. The number of aryl methyl sites for hydroxylation is 2. The van der Waals surface area contributed by atoms with Gasteiger partial charge in [-0.05, 0) is 49.7 Å². The van der Waals surface area contributed by atoms with Crippen LogP contribution in [-0.2, 0) is 0 Å². The Morgan fingerprint density at radius 1 is 1.25 bits per heavy atom. The summed E-state index contributed by atoms with van der Waals surface area (Å²) in [6, 6.07) is 8.69. The van der Waals surface area contributed by atoms with Gasteiger partial charge in [-0.1, -0.05) is 11.6 Å². The number of rotatable bonds is 3. The van der Waals surface area contributed by atoms with Crippen molar-refractivity contribution in [3.63, 3.8) is 0 Å². The molecule has 4 nitrogen and oxygen atoms in total. The van der Waals surface area contributed by atoms with Gasteiger partial charge in [0.15, 0.2) is 0 Å². The molecule has 104 valence electrons. The van der Waals surface area contributed by atoms with Crippen LogP contribution in [0.25, 0.3) is 0 Å². The van der Waals surface area contributed by atoms with Gasteiger partial charge in [0.1, 0.15) is 11.4 Å². The van der Waals surface area contributed by atoms with E-state index in [1.807, 2.05) is 19.9 Å². The van der Waals surface area contributed by atoms with Crippen LogP contribution in [0.1, 0.15) is 21.7 Å². The van der Waals surface area contributed by atoms with E-state index in [-0.39, 0.29) is 5.91 Å². The van der Waals surface area contributed by atoms with Crippen LogP contribution in [0, 0.1) is 13.8 Å². The standard InChI is InChI=1S/C15H15ClN2O2/c1-9-6-10(2)17-13(7-9)15(19)18-12-8-11(16)4-5-14(12)20-3/h4-8H,1-3H3,(H,18,19). The molecular weight excluding hydrogens is 276 g/mol. The molecule has 2 rings (SSSR count). The fraction of sp³-hybridized carbons (Fsp3) is 0.200. The molecule has 1 aromatic carbocycles. The number of hydrogen-bond acceptors (Lipinski definition) is 3. The number of halogens is 1. The minimum atomic E-state index is -0.294. The van der Waals surface area contributed by atoms with Gasteiger partial charge in [-0.25, -0.2) is 4.98 Å². The molecule has 1 heterocycles. The molecule has 1 aromatic heterocycles. The van der Waals surface area contributed by atoms with E-state index in [1.165, 1.54) is 7.11 Å². The zero-order chi connectivity index (χ0) is 14.7. The number of ether oxygens (including phenoxy) is 1. The van der Waals surface area contributed by atoms with Crippen molar-refractivity contribution in [1.82, 2.24) is 4.98 Å². The number of benzene rings is 1. The topological polar surface area (TPSA) is 51.2 Å². The lowest BCUT2D eigenvalue weighted by Gasteiger charge is -2.10. The summed E-state index contributed by atoms with van der Waals surface area (Å²) in [5, 5.41) is 3.28. The monoisotopic (exact) mass is 290 g/mol. The molecule has 0 aliphatic rings. The van der Waals surface area contributed by atoms with Crippen LogP contribution in [-0.4, -0.2) is 18.0 Å². The summed E-state index contributed by atoms with van der Waals surface area (Å²) in [4.78, 5) is 16.4. The highest BCUT2D eigenvalue weighted by Gasteiger charge is 2.12. The number of aromatic nitrogens is 1. The lowest BCUT2D eigenvalue weighted by Crippen LogP contribution is -2.15. The number of pyridine rings is 1. The lowest BCUT2D eigenvalue weighted by molar-refractivity contribution is 0.102.